The third-order valence-electron chi connectivity index (χ3n) is 3.85. The van der Waals surface area contributed by atoms with E-state index in [1.165, 1.54) is 10.7 Å². The third-order valence-corrected chi connectivity index (χ3v) is 5.74. The lowest BCUT2D eigenvalue weighted by molar-refractivity contribution is -0.120. The van der Waals surface area contributed by atoms with Crippen LogP contribution in [0.15, 0.2) is 21.8 Å². The zero-order valence-electron chi connectivity index (χ0n) is 12.1. The number of carbonyl (C=O) groups is 1. The van der Waals surface area contributed by atoms with Gasteiger partial charge in [-0.1, -0.05) is 13.3 Å². The summed E-state index contributed by atoms with van der Waals surface area (Å²) in [7, 11) is -3.98. The lowest BCUT2D eigenvalue weighted by Crippen LogP contribution is -2.32. The topological polar surface area (TPSA) is 93.4 Å². The Labute approximate surface area is 136 Å². The summed E-state index contributed by atoms with van der Waals surface area (Å²) in [6, 6.07) is 0. The highest BCUT2D eigenvalue weighted by molar-refractivity contribution is 9.10. The smallest absolute Gasteiger partial charge is 0.269 e. The maximum absolute atomic E-state index is 12.5. The molecule has 1 fully saturated rings. The minimum Gasteiger partial charge on any atom is -0.274 e. The van der Waals surface area contributed by atoms with Crippen molar-refractivity contribution in [2.45, 2.75) is 31.6 Å². The quantitative estimate of drug-likeness (QED) is 0.861. The molecule has 1 N–H and O–H groups in total. The minimum absolute atomic E-state index is 0.0537. The van der Waals surface area contributed by atoms with Crippen molar-refractivity contribution in [1.82, 2.24) is 19.3 Å². The SMILES string of the molecule is CC[C@@H]1C[C@H]1C(=O)NS(=O)(=O)c1c(C)nn2cc(Br)cnc12. The molecule has 1 aliphatic carbocycles. The number of hydrogen-bond donors (Lipinski definition) is 1. The molecule has 22 heavy (non-hydrogen) atoms. The predicted molar refractivity (Wildman–Crippen MR) is 82.6 cm³/mol. The first-order valence-corrected chi connectivity index (χ1v) is 9.18. The Morgan fingerprint density at radius 2 is 2.27 bits per heavy atom. The van der Waals surface area contributed by atoms with Gasteiger partial charge < -0.3 is 0 Å². The molecular weight excluding hydrogens is 372 g/mol. The van der Waals surface area contributed by atoms with Crippen molar-refractivity contribution in [2.24, 2.45) is 11.8 Å². The van der Waals surface area contributed by atoms with E-state index >= 15 is 0 Å². The van der Waals surface area contributed by atoms with E-state index in [4.69, 9.17) is 0 Å². The van der Waals surface area contributed by atoms with Crippen LogP contribution in [0.2, 0.25) is 0 Å². The summed E-state index contributed by atoms with van der Waals surface area (Å²) in [5.41, 5.74) is 0.498. The van der Waals surface area contributed by atoms with Crippen molar-refractivity contribution in [2.75, 3.05) is 0 Å². The molecule has 3 rings (SSSR count). The van der Waals surface area contributed by atoms with E-state index in [9.17, 15) is 13.2 Å². The Kier molecular flexibility index (Phi) is 3.72. The van der Waals surface area contributed by atoms with Gasteiger partial charge >= 0.3 is 0 Å². The molecule has 0 aliphatic heterocycles. The van der Waals surface area contributed by atoms with Crippen molar-refractivity contribution >= 4 is 37.5 Å². The fourth-order valence-electron chi connectivity index (χ4n) is 2.59. The van der Waals surface area contributed by atoms with Crippen molar-refractivity contribution in [1.29, 1.82) is 0 Å². The van der Waals surface area contributed by atoms with Gasteiger partial charge in [0.15, 0.2) is 10.5 Å². The van der Waals surface area contributed by atoms with E-state index in [1.807, 2.05) is 6.92 Å². The molecule has 1 amide bonds. The molecule has 0 aromatic carbocycles. The van der Waals surface area contributed by atoms with Gasteiger partial charge in [0.2, 0.25) is 5.91 Å². The van der Waals surface area contributed by atoms with Crippen LogP contribution in [0.5, 0.6) is 0 Å². The number of halogens is 1. The van der Waals surface area contributed by atoms with E-state index in [1.54, 1.807) is 13.1 Å². The zero-order valence-corrected chi connectivity index (χ0v) is 14.5. The molecule has 2 aromatic heterocycles. The first-order valence-electron chi connectivity index (χ1n) is 6.90. The van der Waals surface area contributed by atoms with E-state index in [0.29, 0.717) is 10.2 Å². The Balaban J connectivity index is 1.95. The number of sulfonamides is 1. The van der Waals surface area contributed by atoms with Gasteiger partial charge in [-0.3, -0.25) is 4.79 Å². The van der Waals surface area contributed by atoms with Gasteiger partial charge in [0.05, 0.1) is 10.2 Å². The molecule has 118 valence electrons. The van der Waals surface area contributed by atoms with Crippen LogP contribution in [-0.4, -0.2) is 28.9 Å². The highest BCUT2D eigenvalue weighted by Gasteiger charge is 2.43. The fraction of sp³-hybridized carbons (Fsp3) is 0.462. The molecule has 1 aliphatic rings. The maximum Gasteiger partial charge on any atom is 0.269 e. The maximum atomic E-state index is 12.5. The van der Waals surface area contributed by atoms with Gasteiger partial charge in [-0.25, -0.2) is 22.6 Å². The average molecular weight is 387 g/mol. The number of nitrogens with one attached hydrogen (secondary N) is 1. The van der Waals surface area contributed by atoms with Crippen LogP contribution < -0.4 is 4.72 Å². The van der Waals surface area contributed by atoms with Crippen LogP contribution in [0.4, 0.5) is 0 Å². The fourth-order valence-corrected chi connectivity index (χ4v) is 4.23. The second kappa shape index (κ2) is 5.31. The summed E-state index contributed by atoms with van der Waals surface area (Å²) in [5.74, 6) is -0.360. The molecule has 2 atom stereocenters. The summed E-state index contributed by atoms with van der Waals surface area (Å²) >= 11 is 3.26. The molecule has 0 unspecified atom stereocenters. The Morgan fingerprint density at radius 3 is 2.91 bits per heavy atom. The predicted octanol–water partition coefficient (Wildman–Crippen LogP) is 1.65. The number of carbonyl (C=O) groups excluding carboxylic acids is 1. The number of nitrogens with zero attached hydrogens (tertiary/aromatic N) is 3. The van der Waals surface area contributed by atoms with Crippen LogP contribution in [0.25, 0.3) is 5.65 Å². The molecule has 9 heteroatoms. The molecule has 2 aromatic rings. The first kappa shape index (κ1) is 15.4. The van der Waals surface area contributed by atoms with Crippen LogP contribution in [0, 0.1) is 18.8 Å². The normalized spacial score (nSPS) is 21.0. The van der Waals surface area contributed by atoms with Gasteiger partial charge in [0.25, 0.3) is 10.0 Å². The molecule has 0 spiro atoms. The molecule has 0 saturated heterocycles. The molecular formula is C13H15BrN4O3S. The zero-order chi connectivity index (χ0) is 16.1. The highest BCUT2D eigenvalue weighted by Crippen LogP contribution is 2.41. The first-order chi connectivity index (χ1) is 10.3. The van der Waals surface area contributed by atoms with Crippen LogP contribution >= 0.6 is 15.9 Å². The van der Waals surface area contributed by atoms with Crippen molar-refractivity contribution < 1.29 is 13.2 Å². The lowest BCUT2D eigenvalue weighted by Gasteiger charge is -2.06. The number of hydrogen-bond acceptors (Lipinski definition) is 5. The second-order valence-electron chi connectivity index (χ2n) is 5.44. The van der Waals surface area contributed by atoms with Crippen LogP contribution in [0.3, 0.4) is 0 Å². The lowest BCUT2D eigenvalue weighted by atomic mass is 10.2. The molecule has 7 nitrogen and oxygen atoms in total. The van der Waals surface area contributed by atoms with E-state index < -0.39 is 15.9 Å². The van der Waals surface area contributed by atoms with Crippen molar-refractivity contribution in [3.05, 3.63) is 22.6 Å². The summed E-state index contributed by atoms with van der Waals surface area (Å²) < 4.78 is 29.2. The molecule has 1 saturated carbocycles. The van der Waals surface area contributed by atoms with Crippen LogP contribution in [0.1, 0.15) is 25.5 Å². The molecule has 0 bridgehead atoms. The molecule has 0 radical (unpaired) electrons. The number of aryl methyl sites for hydroxylation is 1. The largest absolute Gasteiger partial charge is 0.274 e. The summed E-state index contributed by atoms with van der Waals surface area (Å²) in [5, 5.41) is 4.13. The van der Waals surface area contributed by atoms with E-state index in [2.05, 4.69) is 30.7 Å². The number of fused-ring (bicyclic) bond motifs is 1. The summed E-state index contributed by atoms with van der Waals surface area (Å²) in [6.07, 6.45) is 4.73. The highest BCUT2D eigenvalue weighted by atomic mass is 79.9. The number of rotatable bonds is 4. The second-order valence-corrected chi connectivity index (χ2v) is 7.97. The average Bonchev–Trinajstić information content (AvgIpc) is 3.13. The van der Waals surface area contributed by atoms with E-state index in [-0.39, 0.29) is 22.4 Å². The Hall–Kier alpha value is -1.48. The van der Waals surface area contributed by atoms with Gasteiger partial charge in [0, 0.05) is 18.3 Å². The summed E-state index contributed by atoms with van der Waals surface area (Å²) in [4.78, 5) is 16.1. The van der Waals surface area contributed by atoms with E-state index in [0.717, 1.165) is 12.8 Å². The summed E-state index contributed by atoms with van der Waals surface area (Å²) in [6.45, 7) is 3.57. The van der Waals surface area contributed by atoms with Crippen molar-refractivity contribution in [3.8, 4) is 0 Å². The van der Waals surface area contributed by atoms with Gasteiger partial charge in [-0.2, -0.15) is 5.10 Å². The standard InChI is InChI=1S/C13H15BrN4O3S/c1-3-8-4-10(8)13(19)17-22(20,21)11-7(2)16-18-6-9(14)5-15-12(11)18/h5-6,8,10H,3-4H2,1-2H3,(H,17,19)/t8-,10-/m1/s1. The molecule has 2 heterocycles. The third kappa shape index (κ3) is 2.63. The van der Waals surface area contributed by atoms with Crippen molar-refractivity contribution in [3.63, 3.8) is 0 Å². The Morgan fingerprint density at radius 1 is 1.55 bits per heavy atom. The van der Waals surface area contributed by atoms with Gasteiger partial charge in [-0.15, -0.1) is 0 Å². The van der Waals surface area contributed by atoms with Gasteiger partial charge in [-0.05, 0) is 35.2 Å². The van der Waals surface area contributed by atoms with Crippen LogP contribution in [-0.2, 0) is 14.8 Å². The minimum atomic E-state index is -3.98. The number of amides is 1. The Bertz CT molecular complexity index is 862. The van der Waals surface area contributed by atoms with Gasteiger partial charge in [0.1, 0.15) is 0 Å². The monoisotopic (exact) mass is 386 g/mol. The number of aromatic nitrogens is 3.